The first-order valence-corrected chi connectivity index (χ1v) is 7.76. The maximum atomic E-state index is 11.7. The first-order chi connectivity index (χ1) is 9.47. The van der Waals surface area contributed by atoms with Crippen molar-refractivity contribution in [2.24, 2.45) is 5.92 Å². The molecule has 0 fully saturated rings. The Kier molecular flexibility index (Phi) is 4.60. The van der Waals surface area contributed by atoms with E-state index in [9.17, 15) is 4.79 Å². The van der Waals surface area contributed by atoms with Gasteiger partial charge < -0.3 is 10.3 Å². The second kappa shape index (κ2) is 6.22. The Hall–Kier alpha value is -1.62. The van der Waals surface area contributed by atoms with E-state index in [1.54, 1.807) is 11.3 Å². The number of nitrogens with zero attached hydrogens (tertiary/aromatic N) is 1. The van der Waals surface area contributed by atoms with Crippen molar-refractivity contribution in [3.05, 3.63) is 44.6 Å². The van der Waals surface area contributed by atoms with Crippen LogP contribution >= 0.6 is 11.3 Å². The number of nitrogens with one attached hydrogen (secondary N) is 2. The molecule has 0 saturated heterocycles. The number of hydrogen-bond donors (Lipinski definition) is 2. The zero-order chi connectivity index (χ0) is 14.7. The molecule has 1 atom stereocenters. The largest absolute Gasteiger partial charge is 0.362 e. The summed E-state index contributed by atoms with van der Waals surface area (Å²) in [6, 6.07) is 5.85. The number of aromatic nitrogens is 2. The average Bonchev–Trinajstić information content (AvgIpc) is 2.88. The monoisotopic (exact) mass is 291 g/mol. The second-order valence-electron chi connectivity index (χ2n) is 5.55. The standard InChI is InChI=1S/C15H21N3OS/c1-9(2)14(11-6-5-7-20-11)16-12-8-13(19)18-15(17-12)10(3)4/h5-10,14H,1-4H3,(H2,16,17,18,19). The molecule has 2 aromatic heterocycles. The number of H-pyrrole nitrogens is 1. The topological polar surface area (TPSA) is 57.8 Å². The van der Waals surface area contributed by atoms with Crippen molar-refractivity contribution in [3.8, 4) is 0 Å². The van der Waals surface area contributed by atoms with Crippen LogP contribution in [-0.2, 0) is 0 Å². The number of rotatable bonds is 5. The summed E-state index contributed by atoms with van der Waals surface area (Å²) in [5.74, 6) is 1.97. The minimum absolute atomic E-state index is 0.111. The van der Waals surface area contributed by atoms with E-state index in [0.717, 1.165) is 0 Å². The minimum Gasteiger partial charge on any atom is -0.362 e. The third-order valence-corrected chi connectivity index (χ3v) is 4.08. The van der Waals surface area contributed by atoms with Crippen LogP contribution in [0, 0.1) is 5.92 Å². The van der Waals surface area contributed by atoms with Gasteiger partial charge in [0.2, 0.25) is 0 Å². The zero-order valence-corrected chi connectivity index (χ0v) is 13.1. The van der Waals surface area contributed by atoms with Crippen LogP contribution in [0.5, 0.6) is 0 Å². The fraction of sp³-hybridized carbons (Fsp3) is 0.467. The third-order valence-electron chi connectivity index (χ3n) is 3.13. The number of thiophene rings is 1. The average molecular weight is 291 g/mol. The Morgan fingerprint density at radius 2 is 2.05 bits per heavy atom. The molecular formula is C15H21N3OS. The maximum Gasteiger partial charge on any atom is 0.252 e. The number of hydrogen-bond acceptors (Lipinski definition) is 4. The van der Waals surface area contributed by atoms with Crippen molar-refractivity contribution in [1.29, 1.82) is 0 Å². The SMILES string of the molecule is CC(C)c1nc(NC(c2cccs2)C(C)C)cc(=O)[nH]1. The van der Waals surface area contributed by atoms with E-state index in [-0.39, 0.29) is 17.5 Å². The zero-order valence-electron chi connectivity index (χ0n) is 12.3. The molecule has 0 radical (unpaired) electrons. The van der Waals surface area contributed by atoms with Crippen LogP contribution in [0.4, 0.5) is 5.82 Å². The highest BCUT2D eigenvalue weighted by Crippen LogP contribution is 2.28. The van der Waals surface area contributed by atoms with Crippen molar-refractivity contribution >= 4 is 17.2 Å². The summed E-state index contributed by atoms with van der Waals surface area (Å²) in [5, 5.41) is 5.46. The van der Waals surface area contributed by atoms with E-state index in [1.807, 2.05) is 19.9 Å². The molecule has 2 rings (SSSR count). The summed E-state index contributed by atoms with van der Waals surface area (Å²) >= 11 is 1.72. The highest BCUT2D eigenvalue weighted by atomic mass is 32.1. The van der Waals surface area contributed by atoms with Gasteiger partial charge in [-0.1, -0.05) is 33.8 Å². The van der Waals surface area contributed by atoms with Gasteiger partial charge in [0.1, 0.15) is 11.6 Å². The van der Waals surface area contributed by atoms with Gasteiger partial charge in [-0.05, 0) is 17.4 Å². The molecular weight excluding hydrogens is 270 g/mol. The molecule has 0 spiro atoms. The van der Waals surface area contributed by atoms with Gasteiger partial charge in [-0.2, -0.15) is 0 Å². The third kappa shape index (κ3) is 3.48. The first-order valence-electron chi connectivity index (χ1n) is 6.88. The molecule has 0 aliphatic heterocycles. The predicted octanol–water partition coefficient (Wildman–Crippen LogP) is 3.76. The van der Waals surface area contributed by atoms with Crippen LogP contribution in [0.2, 0.25) is 0 Å². The molecule has 0 bridgehead atoms. The van der Waals surface area contributed by atoms with Crippen molar-refractivity contribution < 1.29 is 0 Å². The number of aromatic amines is 1. The number of anilines is 1. The fourth-order valence-corrected chi connectivity index (χ4v) is 2.97. The van der Waals surface area contributed by atoms with Gasteiger partial charge in [0.15, 0.2) is 0 Å². The van der Waals surface area contributed by atoms with E-state index in [1.165, 1.54) is 10.9 Å². The van der Waals surface area contributed by atoms with Gasteiger partial charge in [0, 0.05) is 16.9 Å². The van der Waals surface area contributed by atoms with Crippen molar-refractivity contribution in [2.75, 3.05) is 5.32 Å². The summed E-state index contributed by atoms with van der Waals surface area (Å²) < 4.78 is 0. The summed E-state index contributed by atoms with van der Waals surface area (Å²) in [6.45, 7) is 8.35. The van der Waals surface area contributed by atoms with E-state index < -0.39 is 0 Å². The Balaban J connectivity index is 2.30. The Bertz CT molecular complexity index is 602. The van der Waals surface area contributed by atoms with Gasteiger partial charge in [-0.15, -0.1) is 11.3 Å². The van der Waals surface area contributed by atoms with Gasteiger partial charge in [0.05, 0.1) is 6.04 Å². The predicted molar refractivity (Wildman–Crippen MR) is 84.5 cm³/mol. The second-order valence-corrected chi connectivity index (χ2v) is 6.53. The maximum absolute atomic E-state index is 11.7. The van der Waals surface area contributed by atoms with Gasteiger partial charge in [-0.25, -0.2) is 4.98 Å². The van der Waals surface area contributed by atoms with E-state index in [0.29, 0.717) is 17.6 Å². The molecule has 20 heavy (non-hydrogen) atoms. The smallest absolute Gasteiger partial charge is 0.252 e. The molecule has 108 valence electrons. The molecule has 0 aliphatic rings. The normalized spacial score (nSPS) is 12.9. The molecule has 0 amide bonds. The van der Waals surface area contributed by atoms with Gasteiger partial charge >= 0.3 is 0 Å². The molecule has 1 unspecified atom stereocenters. The Morgan fingerprint density at radius 3 is 2.60 bits per heavy atom. The van der Waals surface area contributed by atoms with E-state index in [2.05, 4.69) is 40.6 Å². The fourth-order valence-electron chi connectivity index (χ4n) is 2.02. The Labute approximate surface area is 123 Å². The summed E-state index contributed by atoms with van der Waals surface area (Å²) in [6.07, 6.45) is 0. The Morgan fingerprint density at radius 1 is 1.30 bits per heavy atom. The molecule has 4 nitrogen and oxygen atoms in total. The summed E-state index contributed by atoms with van der Waals surface area (Å²) in [7, 11) is 0. The lowest BCUT2D eigenvalue weighted by Crippen LogP contribution is -2.20. The molecule has 2 heterocycles. The molecule has 2 aromatic rings. The van der Waals surface area contributed by atoms with Crippen LogP contribution < -0.4 is 10.9 Å². The van der Waals surface area contributed by atoms with Crippen LogP contribution in [0.1, 0.15) is 50.4 Å². The highest BCUT2D eigenvalue weighted by Gasteiger charge is 2.18. The van der Waals surface area contributed by atoms with Crippen LogP contribution in [0.15, 0.2) is 28.4 Å². The van der Waals surface area contributed by atoms with Gasteiger partial charge in [-0.3, -0.25) is 4.79 Å². The quantitative estimate of drug-likeness (QED) is 0.881. The molecule has 5 heteroatoms. The summed E-state index contributed by atoms with van der Waals surface area (Å²) in [4.78, 5) is 20.3. The molecule has 0 aromatic carbocycles. The lowest BCUT2D eigenvalue weighted by atomic mass is 10.0. The minimum atomic E-state index is -0.111. The lowest BCUT2D eigenvalue weighted by Gasteiger charge is -2.22. The summed E-state index contributed by atoms with van der Waals surface area (Å²) in [5.41, 5.74) is -0.111. The van der Waals surface area contributed by atoms with Crippen molar-refractivity contribution in [3.63, 3.8) is 0 Å². The first kappa shape index (κ1) is 14.8. The van der Waals surface area contributed by atoms with Crippen molar-refractivity contribution in [1.82, 2.24) is 9.97 Å². The van der Waals surface area contributed by atoms with E-state index >= 15 is 0 Å². The van der Waals surface area contributed by atoms with Gasteiger partial charge in [0.25, 0.3) is 5.56 Å². The molecule has 0 saturated carbocycles. The van der Waals surface area contributed by atoms with Crippen LogP contribution in [0.25, 0.3) is 0 Å². The lowest BCUT2D eigenvalue weighted by molar-refractivity contribution is 0.551. The molecule has 0 aliphatic carbocycles. The van der Waals surface area contributed by atoms with Crippen LogP contribution in [-0.4, -0.2) is 9.97 Å². The van der Waals surface area contributed by atoms with E-state index in [4.69, 9.17) is 0 Å². The highest BCUT2D eigenvalue weighted by molar-refractivity contribution is 7.10. The molecule has 2 N–H and O–H groups in total. The van der Waals surface area contributed by atoms with Crippen LogP contribution in [0.3, 0.4) is 0 Å². The van der Waals surface area contributed by atoms with Crippen molar-refractivity contribution in [2.45, 2.75) is 39.7 Å².